The van der Waals surface area contributed by atoms with E-state index in [4.69, 9.17) is 16.9 Å². The topological polar surface area (TPSA) is 23.8 Å². The molecule has 1 aliphatic carbocycles. The maximum absolute atomic E-state index is 8.63. The van der Waals surface area contributed by atoms with Crippen LogP contribution in [0.1, 0.15) is 46.0 Å². The Bertz CT molecular complexity index is 254. The molecule has 2 heteroatoms. The lowest BCUT2D eigenvalue weighted by Gasteiger charge is -2.30. The van der Waals surface area contributed by atoms with Crippen molar-refractivity contribution in [2.75, 3.05) is 0 Å². The van der Waals surface area contributed by atoms with Gasteiger partial charge in [0.1, 0.15) is 0 Å². The van der Waals surface area contributed by atoms with Gasteiger partial charge in [0.05, 0.1) is 6.07 Å². The molecule has 0 aromatic heterocycles. The Labute approximate surface area is 91.8 Å². The third kappa shape index (κ3) is 2.51. The minimum atomic E-state index is 0.130. The highest BCUT2D eigenvalue weighted by molar-refractivity contribution is 6.30. The number of rotatable bonds is 3. The van der Waals surface area contributed by atoms with Crippen molar-refractivity contribution in [1.82, 2.24) is 0 Å². The fourth-order valence-electron chi connectivity index (χ4n) is 2.58. The molecule has 0 amide bonds. The summed E-state index contributed by atoms with van der Waals surface area (Å²) >= 11 is 6.23. The first-order valence-electron chi connectivity index (χ1n) is 5.36. The molecule has 0 atom stereocenters. The molecule has 0 heterocycles. The second-order valence-corrected chi connectivity index (χ2v) is 5.11. The zero-order valence-electron chi connectivity index (χ0n) is 9.02. The number of allylic oxidation sites excluding steroid dienone is 2. The largest absolute Gasteiger partial charge is 0.193 e. The highest BCUT2D eigenvalue weighted by atomic mass is 35.5. The third-order valence-electron chi connectivity index (χ3n) is 3.06. The fourth-order valence-corrected chi connectivity index (χ4v) is 2.90. The van der Waals surface area contributed by atoms with Gasteiger partial charge in [-0.25, -0.2) is 0 Å². The minimum Gasteiger partial charge on any atom is -0.193 e. The monoisotopic (exact) mass is 211 g/mol. The molecule has 0 spiro atoms. The van der Waals surface area contributed by atoms with E-state index in [2.05, 4.69) is 13.8 Å². The Morgan fingerprint density at radius 3 is 2.50 bits per heavy atom. The summed E-state index contributed by atoms with van der Waals surface area (Å²) in [6.45, 7) is 4.44. The summed E-state index contributed by atoms with van der Waals surface area (Å²) in [6.07, 6.45) is 7.45. The van der Waals surface area contributed by atoms with Crippen molar-refractivity contribution >= 4 is 11.6 Å². The minimum absolute atomic E-state index is 0.130. The van der Waals surface area contributed by atoms with Gasteiger partial charge in [-0.05, 0) is 25.2 Å². The Morgan fingerprint density at radius 1 is 1.50 bits per heavy atom. The van der Waals surface area contributed by atoms with E-state index in [1.165, 1.54) is 18.9 Å². The number of hydrogen-bond donors (Lipinski definition) is 0. The molecule has 0 aliphatic heterocycles. The second-order valence-electron chi connectivity index (χ2n) is 4.71. The molecule has 0 saturated heterocycles. The van der Waals surface area contributed by atoms with Gasteiger partial charge in [0, 0.05) is 16.5 Å². The fraction of sp³-hybridized carbons (Fsp3) is 0.750. The van der Waals surface area contributed by atoms with Crippen molar-refractivity contribution in [3.8, 4) is 6.07 Å². The zero-order valence-corrected chi connectivity index (χ0v) is 9.77. The van der Waals surface area contributed by atoms with E-state index in [9.17, 15) is 0 Å². The van der Waals surface area contributed by atoms with E-state index in [1.807, 2.05) is 6.07 Å². The van der Waals surface area contributed by atoms with Crippen LogP contribution in [0.2, 0.25) is 0 Å². The Morgan fingerprint density at radius 2 is 2.07 bits per heavy atom. The summed E-state index contributed by atoms with van der Waals surface area (Å²) in [7, 11) is 0. The molecule has 0 unspecified atom stereocenters. The van der Waals surface area contributed by atoms with Crippen molar-refractivity contribution in [2.45, 2.75) is 46.0 Å². The van der Waals surface area contributed by atoms with Crippen LogP contribution in [0.4, 0.5) is 0 Å². The standard InChI is InChI=1S/C12H18ClN/c1-10(2)9-12(6-3-4-7-12)11(13)5-8-14/h5,10H,3-4,6-7,9H2,1-2H3. The molecule has 0 aromatic carbocycles. The molecule has 0 aromatic rings. The van der Waals surface area contributed by atoms with E-state index >= 15 is 0 Å². The highest BCUT2D eigenvalue weighted by Gasteiger charge is 2.37. The van der Waals surface area contributed by atoms with E-state index in [1.54, 1.807) is 0 Å². The molecule has 1 aliphatic rings. The van der Waals surface area contributed by atoms with Crippen LogP contribution in [0, 0.1) is 22.7 Å². The van der Waals surface area contributed by atoms with Crippen LogP contribution >= 0.6 is 11.6 Å². The average molecular weight is 212 g/mol. The van der Waals surface area contributed by atoms with E-state index in [0.29, 0.717) is 5.92 Å². The van der Waals surface area contributed by atoms with Gasteiger partial charge >= 0.3 is 0 Å². The van der Waals surface area contributed by atoms with Gasteiger partial charge in [-0.1, -0.05) is 38.3 Å². The predicted molar refractivity (Wildman–Crippen MR) is 59.9 cm³/mol. The van der Waals surface area contributed by atoms with Gasteiger partial charge in [-0.3, -0.25) is 0 Å². The lowest BCUT2D eigenvalue weighted by atomic mass is 9.78. The van der Waals surface area contributed by atoms with Crippen LogP contribution in [0.15, 0.2) is 11.1 Å². The molecule has 14 heavy (non-hydrogen) atoms. The van der Waals surface area contributed by atoms with Gasteiger partial charge in [-0.15, -0.1) is 0 Å². The van der Waals surface area contributed by atoms with Crippen LogP contribution < -0.4 is 0 Å². The first kappa shape index (κ1) is 11.6. The highest BCUT2D eigenvalue weighted by Crippen LogP contribution is 2.49. The van der Waals surface area contributed by atoms with Gasteiger partial charge in [-0.2, -0.15) is 5.26 Å². The lowest BCUT2D eigenvalue weighted by Crippen LogP contribution is -2.19. The number of hydrogen-bond acceptors (Lipinski definition) is 1. The molecule has 1 nitrogen and oxygen atoms in total. The van der Waals surface area contributed by atoms with Gasteiger partial charge < -0.3 is 0 Å². The average Bonchev–Trinajstić information content (AvgIpc) is 2.53. The summed E-state index contributed by atoms with van der Waals surface area (Å²) in [5, 5.41) is 9.42. The van der Waals surface area contributed by atoms with E-state index < -0.39 is 0 Å². The lowest BCUT2D eigenvalue weighted by molar-refractivity contribution is 0.303. The molecule has 0 N–H and O–H groups in total. The smallest absolute Gasteiger partial charge is 0.0924 e. The van der Waals surface area contributed by atoms with Crippen LogP contribution in [0.5, 0.6) is 0 Å². The van der Waals surface area contributed by atoms with Crippen molar-refractivity contribution in [3.05, 3.63) is 11.1 Å². The molecular formula is C12H18ClN. The van der Waals surface area contributed by atoms with Crippen LogP contribution in [-0.4, -0.2) is 0 Å². The molecule has 1 saturated carbocycles. The summed E-state index contributed by atoms with van der Waals surface area (Å²) in [5.74, 6) is 0.647. The molecular weight excluding hydrogens is 194 g/mol. The van der Waals surface area contributed by atoms with Crippen LogP contribution in [0.3, 0.4) is 0 Å². The zero-order chi connectivity index (χ0) is 10.6. The summed E-state index contributed by atoms with van der Waals surface area (Å²) in [6, 6.07) is 2.05. The van der Waals surface area contributed by atoms with Gasteiger partial charge in [0.2, 0.25) is 0 Å². The normalized spacial score (nSPS) is 21.2. The van der Waals surface area contributed by atoms with Crippen molar-refractivity contribution in [3.63, 3.8) is 0 Å². The molecule has 0 radical (unpaired) electrons. The summed E-state index contributed by atoms with van der Waals surface area (Å²) in [4.78, 5) is 0. The quantitative estimate of drug-likeness (QED) is 0.641. The number of halogens is 1. The molecule has 78 valence electrons. The van der Waals surface area contributed by atoms with Crippen molar-refractivity contribution in [2.24, 2.45) is 11.3 Å². The molecule has 1 fully saturated rings. The van der Waals surface area contributed by atoms with Crippen molar-refractivity contribution in [1.29, 1.82) is 5.26 Å². The predicted octanol–water partition coefficient (Wildman–Crippen LogP) is 4.24. The maximum Gasteiger partial charge on any atom is 0.0924 e. The first-order chi connectivity index (χ1) is 6.60. The Kier molecular flexibility index (Phi) is 4.01. The Hall–Kier alpha value is -0.480. The first-order valence-corrected chi connectivity index (χ1v) is 5.74. The van der Waals surface area contributed by atoms with Crippen LogP contribution in [0.25, 0.3) is 0 Å². The number of nitriles is 1. The van der Waals surface area contributed by atoms with Gasteiger partial charge in [0.25, 0.3) is 0 Å². The third-order valence-corrected chi connectivity index (χ3v) is 3.57. The van der Waals surface area contributed by atoms with E-state index in [-0.39, 0.29) is 5.41 Å². The van der Waals surface area contributed by atoms with Crippen molar-refractivity contribution < 1.29 is 0 Å². The molecule has 0 bridgehead atoms. The Balaban J connectivity index is 2.82. The van der Waals surface area contributed by atoms with Gasteiger partial charge in [0.15, 0.2) is 0 Å². The summed E-state index contributed by atoms with van der Waals surface area (Å²) in [5.41, 5.74) is 0.130. The maximum atomic E-state index is 8.63. The van der Waals surface area contributed by atoms with Crippen LogP contribution in [-0.2, 0) is 0 Å². The summed E-state index contributed by atoms with van der Waals surface area (Å²) < 4.78 is 0. The van der Waals surface area contributed by atoms with E-state index in [0.717, 1.165) is 24.3 Å². The second kappa shape index (κ2) is 4.84. The number of nitrogens with zero attached hydrogens (tertiary/aromatic N) is 1. The molecule has 1 rings (SSSR count). The SMILES string of the molecule is CC(C)CC1(C(Cl)=CC#N)CCCC1.